The Morgan fingerprint density at radius 2 is 2.31 bits per heavy atom. The van der Waals surface area contributed by atoms with Crippen LogP contribution in [0.3, 0.4) is 0 Å². The van der Waals surface area contributed by atoms with Gasteiger partial charge in [-0.1, -0.05) is 6.92 Å². The van der Waals surface area contributed by atoms with Gasteiger partial charge in [-0.3, -0.25) is 4.79 Å². The van der Waals surface area contributed by atoms with E-state index in [0.29, 0.717) is 12.5 Å². The van der Waals surface area contributed by atoms with Gasteiger partial charge >= 0.3 is 0 Å². The van der Waals surface area contributed by atoms with Crippen molar-refractivity contribution in [3.63, 3.8) is 0 Å². The van der Waals surface area contributed by atoms with Crippen LogP contribution >= 0.6 is 0 Å². The highest BCUT2D eigenvalue weighted by Crippen LogP contribution is 2.18. The normalized spacial score (nSPS) is 25.4. The third kappa shape index (κ3) is 3.46. The average Bonchev–Trinajstić information content (AvgIpc) is 2.64. The van der Waals surface area contributed by atoms with Crippen molar-refractivity contribution in [2.75, 3.05) is 20.2 Å². The highest BCUT2D eigenvalue weighted by Gasteiger charge is 2.27. The van der Waals surface area contributed by atoms with Crippen LogP contribution in [0.2, 0.25) is 0 Å². The van der Waals surface area contributed by atoms with E-state index in [1.54, 1.807) is 0 Å². The Morgan fingerprint density at radius 1 is 1.62 bits per heavy atom. The lowest BCUT2D eigenvalue weighted by Gasteiger charge is -2.28. The van der Waals surface area contributed by atoms with Crippen LogP contribution in [-0.4, -0.2) is 47.7 Å². The Bertz CT molecular complexity index is 239. The Hall–Kier alpha value is -0.610. The van der Waals surface area contributed by atoms with E-state index in [2.05, 4.69) is 17.3 Å². The second kappa shape index (κ2) is 5.64. The molecule has 0 unspecified atom stereocenters. The summed E-state index contributed by atoms with van der Waals surface area (Å²) in [4.78, 5) is 14.1. The summed E-state index contributed by atoms with van der Waals surface area (Å²) in [5.74, 6) is 0.0529. The molecule has 0 radical (unpaired) electrons. The SMILES string of the molecule is CC[C@@](C)(CO)NC(=O)C[C@@H]1CCCN1C. The number of hydrogen-bond donors (Lipinski definition) is 2. The predicted molar refractivity (Wildman–Crippen MR) is 64.2 cm³/mol. The van der Waals surface area contributed by atoms with Gasteiger partial charge in [0, 0.05) is 12.5 Å². The van der Waals surface area contributed by atoms with E-state index >= 15 is 0 Å². The molecular formula is C12H24N2O2. The van der Waals surface area contributed by atoms with Crippen molar-refractivity contribution in [1.82, 2.24) is 10.2 Å². The number of carbonyl (C=O) groups is 1. The third-order valence-electron chi connectivity index (χ3n) is 3.66. The number of aliphatic hydroxyl groups is 1. The van der Waals surface area contributed by atoms with Crippen LogP contribution in [0.4, 0.5) is 0 Å². The van der Waals surface area contributed by atoms with Crippen LogP contribution in [0.15, 0.2) is 0 Å². The molecule has 0 aromatic carbocycles. The number of hydrogen-bond acceptors (Lipinski definition) is 3. The molecule has 16 heavy (non-hydrogen) atoms. The summed E-state index contributed by atoms with van der Waals surface area (Å²) in [7, 11) is 2.07. The molecule has 1 aliphatic rings. The first-order valence-corrected chi connectivity index (χ1v) is 6.13. The predicted octanol–water partition coefficient (Wildman–Crippen LogP) is 0.748. The van der Waals surface area contributed by atoms with Gasteiger partial charge in [-0.15, -0.1) is 0 Å². The smallest absolute Gasteiger partial charge is 0.222 e. The van der Waals surface area contributed by atoms with Gasteiger partial charge in [0.05, 0.1) is 12.1 Å². The van der Waals surface area contributed by atoms with Gasteiger partial charge in [0.25, 0.3) is 0 Å². The monoisotopic (exact) mass is 228 g/mol. The summed E-state index contributed by atoms with van der Waals surface area (Å²) in [6.07, 6.45) is 3.58. The van der Waals surface area contributed by atoms with Crippen LogP contribution < -0.4 is 5.32 Å². The Balaban J connectivity index is 2.40. The molecule has 4 nitrogen and oxygen atoms in total. The number of carbonyl (C=O) groups excluding carboxylic acids is 1. The Kier molecular flexibility index (Phi) is 4.74. The number of nitrogens with zero attached hydrogens (tertiary/aromatic N) is 1. The molecule has 0 spiro atoms. The number of aliphatic hydroxyl groups excluding tert-OH is 1. The van der Waals surface area contributed by atoms with Crippen molar-refractivity contribution >= 4 is 5.91 Å². The molecule has 0 aliphatic carbocycles. The lowest BCUT2D eigenvalue weighted by Crippen LogP contribution is -2.49. The molecule has 4 heteroatoms. The number of likely N-dealkylation sites (tertiary alicyclic amines) is 1. The fourth-order valence-corrected chi connectivity index (χ4v) is 2.08. The van der Waals surface area contributed by atoms with E-state index in [1.165, 1.54) is 6.42 Å². The van der Waals surface area contributed by atoms with Gasteiger partial charge < -0.3 is 15.3 Å². The second-order valence-electron chi connectivity index (χ2n) is 5.10. The first kappa shape index (κ1) is 13.5. The van der Waals surface area contributed by atoms with Crippen molar-refractivity contribution in [3.8, 4) is 0 Å². The Morgan fingerprint density at radius 3 is 2.75 bits per heavy atom. The van der Waals surface area contributed by atoms with E-state index < -0.39 is 5.54 Å². The maximum absolute atomic E-state index is 11.8. The molecule has 1 aliphatic heterocycles. The minimum atomic E-state index is -0.464. The molecule has 0 aromatic rings. The van der Waals surface area contributed by atoms with Gasteiger partial charge in [-0.2, -0.15) is 0 Å². The van der Waals surface area contributed by atoms with E-state index in [4.69, 9.17) is 0 Å². The van der Waals surface area contributed by atoms with E-state index in [1.807, 2.05) is 13.8 Å². The van der Waals surface area contributed by atoms with Gasteiger partial charge in [-0.05, 0) is 39.8 Å². The molecule has 94 valence electrons. The lowest BCUT2D eigenvalue weighted by molar-refractivity contribution is -0.124. The summed E-state index contributed by atoms with van der Waals surface area (Å²) in [6, 6.07) is 0.375. The molecule has 1 amide bonds. The third-order valence-corrected chi connectivity index (χ3v) is 3.66. The minimum Gasteiger partial charge on any atom is -0.394 e. The summed E-state index contributed by atoms with van der Waals surface area (Å²) in [6.45, 7) is 4.93. The fourth-order valence-electron chi connectivity index (χ4n) is 2.08. The topological polar surface area (TPSA) is 52.6 Å². The summed E-state index contributed by atoms with van der Waals surface area (Å²) < 4.78 is 0. The maximum atomic E-state index is 11.8. The van der Waals surface area contributed by atoms with Crippen LogP contribution in [0, 0.1) is 0 Å². The second-order valence-corrected chi connectivity index (χ2v) is 5.10. The first-order valence-electron chi connectivity index (χ1n) is 6.13. The van der Waals surface area contributed by atoms with Crippen molar-refractivity contribution in [3.05, 3.63) is 0 Å². The summed E-state index contributed by atoms with van der Waals surface area (Å²) in [5.41, 5.74) is -0.464. The molecule has 2 atom stereocenters. The van der Waals surface area contributed by atoms with Crippen LogP contribution in [0.25, 0.3) is 0 Å². The van der Waals surface area contributed by atoms with Crippen LogP contribution in [0.1, 0.15) is 39.5 Å². The highest BCUT2D eigenvalue weighted by atomic mass is 16.3. The molecule has 1 fully saturated rings. The Labute approximate surface area is 98.0 Å². The van der Waals surface area contributed by atoms with Crippen molar-refractivity contribution in [2.24, 2.45) is 0 Å². The molecule has 1 saturated heterocycles. The van der Waals surface area contributed by atoms with Gasteiger partial charge in [0.1, 0.15) is 0 Å². The van der Waals surface area contributed by atoms with Gasteiger partial charge in [-0.25, -0.2) is 0 Å². The molecule has 1 heterocycles. The van der Waals surface area contributed by atoms with E-state index in [0.717, 1.165) is 19.4 Å². The zero-order valence-electron chi connectivity index (χ0n) is 10.6. The van der Waals surface area contributed by atoms with Gasteiger partial charge in [0.15, 0.2) is 0 Å². The fraction of sp³-hybridized carbons (Fsp3) is 0.917. The summed E-state index contributed by atoms with van der Waals surface area (Å²) >= 11 is 0. The largest absolute Gasteiger partial charge is 0.394 e. The molecule has 1 rings (SSSR count). The lowest BCUT2D eigenvalue weighted by atomic mass is 9.99. The summed E-state index contributed by atoms with van der Waals surface area (Å²) in [5, 5.41) is 12.1. The maximum Gasteiger partial charge on any atom is 0.222 e. The molecule has 2 N–H and O–H groups in total. The number of rotatable bonds is 5. The zero-order chi connectivity index (χ0) is 12.2. The van der Waals surface area contributed by atoms with Crippen molar-refractivity contribution < 1.29 is 9.90 Å². The standard InChI is InChI=1S/C12H24N2O2/c1-4-12(2,9-15)13-11(16)8-10-6-5-7-14(10)3/h10,15H,4-9H2,1-3H3,(H,13,16)/t10-,12-/m0/s1. The highest BCUT2D eigenvalue weighted by molar-refractivity contribution is 5.77. The molecule has 0 bridgehead atoms. The zero-order valence-corrected chi connectivity index (χ0v) is 10.6. The van der Waals surface area contributed by atoms with E-state index in [-0.39, 0.29) is 12.5 Å². The molecule has 0 saturated carbocycles. The first-order chi connectivity index (χ1) is 7.50. The quantitative estimate of drug-likeness (QED) is 0.730. The number of nitrogens with one attached hydrogen (secondary N) is 1. The van der Waals surface area contributed by atoms with Crippen molar-refractivity contribution in [2.45, 2.75) is 51.1 Å². The molecular weight excluding hydrogens is 204 g/mol. The van der Waals surface area contributed by atoms with Crippen molar-refractivity contribution in [1.29, 1.82) is 0 Å². The number of amides is 1. The van der Waals surface area contributed by atoms with E-state index in [9.17, 15) is 9.90 Å². The molecule has 0 aromatic heterocycles. The average molecular weight is 228 g/mol. The van der Waals surface area contributed by atoms with Crippen LogP contribution in [-0.2, 0) is 4.79 Å². The minimum absolute atomic E-state index is 0.00422. The van der Waals surface area contributed by atoms with Crippen LogP contribution in [0.5, 0.6) is 0 Å². The van der Waals surface area contributed by atoms with Gasteiger partial charge in [0.2, 0.25) is 5.91 Å².